The summed E-state index contributed by atoms with van der Waals surface area (Å²) >= 11 is 0. The summed E-state index contributed by atoms with van der Waals surface area (Å²) in [6.45, 7) is 6.92. The van der Waals surface area contributed by atoms with Gasteiger partial charge in [0.15, 0.2) is 0 Å². The highest BCUT2D eigenvalue weighted by atomic mass is 15.2. The molecule has 2 N–H and O–H groups in total. The third kappa shape index (κ3) is 3.11. The summed E-state index contributed by atoms with van der Waals surface area (Å²) in [5, 5.41) is 0. The van der Waals surface area contributed by atoms with Gasteiger partial charge in [0.25, 0.3) is 0 Å². The summed E-state index contributed by atoms with van der Waals surface area (Å²) < 4.78 is 0. The number of aromatic nitrogens is 1. The van der Waals surface area contributed by atoms with Crippen molar-refractivity contribution in [3.05, 3.63) is 18.3 Å². The van der Waals surface area contributed by atoms with Crippen molar-refractivity contribution in [3.63, 3.8) is 0 Å². The van der Waals surface area contributed by atoms with Crippen molar-refractivity contribution in [3.8, 4) is 0 Å². The Balaban J connectivity index is 2.01. The van der Waals surface area contributed by atoms with E-state index in [1.807, 2.05) is 12.1 Å². The van der Waals surface area contributed by atoms with Crippen molar-refractivity contribution in [2.24, 2.45) is 11.8 Å². The maximum absolute atomic E-state index is 5.67. The number of hydrogen-bond donors (Lipinski definition) is 1. The largest absolute Gasteiger partial charge is 0.397 e. The van der Waals surface area contributed by atoms with Gasteiger partial charge < -0.3 is 10.6 Å². The normalized spacial score (nSPS) is 21.6. The molecule has 94 valence electrons. The Kier molecular flexibility index (Phi) is 3.87. The Morgan fingerprint density at radius 2 is 2.12 bits per heavy atom. The first-order valence-electron chi connectivity index (χ1n) is 6.63. The SMILES string of the molecule is CC(C)C1CCCN(c2ccc(N)cn2)CC1. The second kappa shape index (κ2) is 5.39. The molecule has 0 bridgehead atoms. The van der Waals surface area contributed by atoms with Crippen molar-refractivity contribution in [2.75, 3.05) is 23.7 Å². The van der Waals surface area contributed by atoms with Crippen LogP contribution in [0.2, 0.25) is 0 Å². The zero-order chi connectivity index (χ0) is 12.3. The lowest BCUT2D eigenvalue weighted by atomic mass is 9.89. The monoisotopic (exact) mass is 233 g/mol. The first-order chi connectivity index (χ1) is 8.16. The van der Waals surface area contributed by atoms with E-state index in [0.29, 0.717) is 0 Å². The van der Waals surface area contributed by atoms with Gasteiger partial charge in [0.2, 0.25) is 0 Å². The molecule has 17 heavy (non-hydrogen) atoms. The lowest BCUT2D eigenvalue weighted by Gasteiger charge is -2.22. The molecule has 1 aromatic heterocycles. The molecule has 2 rings (SSSR count). The van der Waals surface area contributed by atoms with Crippen LogP contribution in [-0.4, -0.2) is 18.1 Å². The zero-order valence-corrected chi connectivity index (χ0v) is 10.9. The molecule has 1 aromatic rings. The van der Waals surface area contributed by atoms with Crippen LogP contribution in [-0.2, 0) is 0 Å². The molecule has 0 saturated carbocycles. The molecule has 0 aliphatic carbocycles. The van der Waals surface area contributed by atoms with Crippen LogP contribution in [0, 0.1) is 11.8 Å². The van der Waals surface area contributed by atoms with Crippen LogP contribution < -0.4 is 10.6 Å². The second-order valence-corrected chi connectivity index (χ2v) is 5.37. The summed E-state index contributed by atoms with van der Waals surface area (Å²) in [5.41, 5.74) is 6.41. The van der Waals surface area contributed by atoms with Gasteiger partial charge in [-0.05, 0) is 43.2 Å². The van der Waals surface area contributed by atoms with E-state index in [0.717, 1.165) is 36.4 Å². The van der Waals surface area contributed by atoms with Gasteiger partial charge in [-0.2, -0.15) is 0 Å². The quantitative estimate of drug-likeness (QED) is 0.854. The molecule has 3 heteroatoms. The molecule has 0 aromatic carbocycles. The summed E-state index contributed by atoms with van der Waals surface area (Å²) in [4.78, 5) is 6.81. The van der Waals surface area contributed by atoms with Gasteiger partial charge in [-0.3, -0.25) is 0 Å². The van der Waals surface area contributed by atoms with Gasteiger partial charge in [0, 0.05) is 13.1 Å². The van der Waals surface area contributed by atoms with Gasteiger partial charge in [-0.1, -0.05) is 13.8 Å². The van der Waals surface area contributed by atoms with Crippen molar-refractivity contribution in [2.45, 2.75) is 33.1 Å². The van der Waals surface area contributed by atoms with Crippen LogP contribution in [0.4, 0.5) is 11.5 Å². The molecule has 1 saturated heterocycles. The summed E-state index contributed by atoms with van der Waals surface area (Å²) in [6, 6.07) is 3.97. The molecular weight excluding hydrogens is 210 g/mol. The number of nitrogens with two attached hydrogens (primary N) is 1. The molecule has 1 aliphatic rings. The number of anilines is 2. The smallest absolute Gasteiger partial charge is 0.128 e. The molecule has 0 radical (unpaired) electrons. The maximum atomic E-state index is 5.67. The van der Waals surface area contributed by atoms with E-state index in [4.69, 9.17) is 5.73 Å². The number of rotatable bonds is 2. The summed E-state index contributed by atoms with van der Waals surface area (Å²) in [7, 11) is 0. The van der Waals surface area contributed by atoms with E-state index in [9.17, 15) is 0 Å². The van der Waals surface area contributed by atoms with Crippen LogP contribution in [0.15, 0.2) is 18.3 Å². The minimum absolute atomic E-state index is 0.739. The molecule has 2 heterocycles. The Morgan fingerprint density at radius 1 is 1.29 bits per heavy atom. The number of nitrogen functional groups attached to an aromatic ring is 1. The minimum atomic E-state index is 0.739. The Bertz CT molecular complexity index is 345. The van der Waals surface area contributed by atoms with Gasteiger partial charge in [0.05, 0.1) is 11.9 Å². The van der Waals surface area contributed by atoms with Crippen LogP contribution in [0.1, 0.15) is 33.1 Å². The van der Waals surface area contributed by atoms with E-state index in [2.05, 4.69) is 23.7 Å². The van der Waals surface area contributed by atoms with E-state index in [-0.39, 0.29) is 0 Å². The Morgan fingerprint density at radius 3 is 2.76 bits per heavy atom. The van der Waals surface area contributed by atoms with Gasteiger partial charge in [-0.25, -0.2) is 4.98 Å². The summed E-state index contributed by atoms with van der Waals surface area (Å²) in [6.07, 6.45) is 5.65. The van der Waals surface area contributed by atoms with Crippen molar-refractivity contribution >= 4 is 11.5 Å². The van der Waals surface area contributed by atoms with E-state index < -0.39 is 0 Å². The third-order valence-corrected chi connectivity index (χ3v) is 3.81. The van der Waals surface area contributed by atoms with Crippen molar-refractivity contribution < 1.29 is 0 Å². The fourth-order valence-corrected chi connectivity index (χ4v) is 2.60. The first-order valence-corrected chi connectivity index (χ1v) is 6.63. The first kappa shape index (κ1) is 12.2. The number of nitrogens with zero attached hydrogens (tertiary/aromatic N) is 2. The molecule has 3 nitrogen and oxygen atoms in total. The van der Waals surface area contributed by atoms with Crippen LogP contribution in [0.3, 0.4) is 0 Å². The third-order valence-electron chi connectivity index (χ3n) is 3.81. The second-order valence-electron chi connectivity index (χ2n) is 5.37. The number of hydrogen-bond acceptors (Lipinski definition) is 3. The lowest BCUT2D eigenvalue weighted by Crippen LogP contribution is -2.25. The lowest BCUT2D eigenvalue weighted by molar-refractivity contribution is 0.351. The van der Waals surface area contributed by atoms with Gasteiger partial charge in [-0.15, -0.1) is 0 Å². The molecule has 1 fully saturated rings. The topological polar surface area (TPSA) is 42.1 Å². The van der Waals surface area contributed by atoms with Crippen LogP contribution in [0.5, 0.6) is 0 Å². The van der Waals surface area contributed by atoms with Crippen molar-refractivity contribution in [1.29, 1.82) is 0 Å². The van der Waals surface area contributed by atoms with Gasteiger partial charge >= 0.3 is 0 Å². The van der Waals surface area contributed by atoms with E-state index in [1.165, 1.54) is 19.3 Å². The summed E-state index contributed by atoms with van der Waals surface area (Å²) in [5.74, 6) is 2.74. The van der Waals surface area contributed by atoms with Crippen molar-refractivity contribution in [1.82, 2.24) is 4.98 Å². The average molecular weight is 233 g/mol. The average Bonchev–Trinajstić information content (AvgIpc) is 2.55. The zero-order valence-electron chi connectivity index (χ0n) is 10.9. The highest BCUT2D eigenvalue weighted by Crippen LogP contribution is 2.26. The van der Waals surface area contributed by atoms with E-state index in [1.54, 1.807) is 6.20 Å². The predicted octanol–water partition coefficient (Wildman–Crippen LogP) is 2.93. The Labute approximate surface area is 104 Å². The molecule has 0 amide bonds. The van der Waals surface area contributed by atoms with Crippen LogP contribution in [0.25, 0.3) is 0 Å². The minimum Gasteiger partial charge on any atom is -0.397 e. The molecular formula is C14H23N3. The predicted molar refractivity (Wildman–Crippen MR) is 73.0 cm³/mol. The maximum Gasteiger partial charge on any atom is 0.128 e. The number of pyridine rings is 1. The molecule has 1 unspecified atom stereocenters. The highest BCUT2D eigenvalue weighted by Gasteiger charge is 2.19. The fourth-order valence-electron chi connectivity index (χ4n) is 2.60. The molecule has 1 atom stereocenters. The molecule has 1 aliphatic heterocycles. The van der Waals surface area contributed by atoms with Gasteiger partial charge in [0.1, 0.15) is 5.82 Å². The fraction of sp³-hybridized carbons (Fsp3) is 0.643. The molecule has 0 spiro atoms. The van der Waals surface area contributed by atoms with E-state index >= 15 is 0 Å². The highest BCUT2D eigenvalue weighted by molar-refractivity contribution is 5.45. The standard InChI is InChI=1S/C14H23N3/c1-11(2)12-4-3-8-17(9-7-12)14-6-5-13(15)10-16-14/h5-6,10-12H,3-4,7-9,15H2,1-2H3. The van der Waals surface area contributed by atoms with Crippen LogP contribution >= 0.6 is 0 Å². The Hall–Kier alpha value is -1.25.